The van der Waals surface area contributed by atoms with Gasteiger partial charge in [0.25, 0.3) is 5.91 Å². The van der Waals surface area contributed by atoms with Gasteiger partial charge in [-0.15, -0.1) is 0 Å². The second-order valence-electron chi connectivity index (χ2n) is 5.10. The van der Waals surface area contributed by atoms with Crippen LogP contribution < -0.4 is 16.2 Å². The highest BCUT2D eigenvalue weighted by molar-refractivity contribution is 9.10. The van der Waals surface area contributed by atoms with Gasteiger partial charge in [-0.2, -0.15) is 0 Å². The highest BCUT2D eigenvalue weighted by Gasteiger charge is 2.17. The van der Waals surface area contributed by atoms with E-state index in [1.807, 2.05) is 30.3 Å². The van der Waals surface area contributed by atoms with Crippen LogP contribution in [0.15, 0.2) is 47.1 Å². The number of H-pyrrole nitrogens is 1. The molecule has 2 aromatic rings. The molecule has 1 unspecified atom stereocenters. The molecule has 4 N–H and O–H groups in total. The van der Waals surface area contributed by atoms with E-state index in [1.165, 1.54) is 6.92 Å². The number of benzene rings is 1. The summed E-state index contributed by atoms with van der Waals surface area (Å²) in [5.41, 5.74) is 5.77. The molecule has 1 heterocycles. The topological polar surface area (TPSA) is 103 Å². The molecule has 0 aliphatic heterocycles. The van der Waals surface area contributed by atoms with Crippen LogP contribution in [-0.4, -0.2) is 22.7 Å². The molecule has 7 nitrogen and oxygen atoms in total. The van der Waals surface area contributed by atoms with Gasteiger partial charge in [-0.1, -0.05) is 30.3 Å². The van der Waals surface area contributed by atoms with Crippen LogP contribution in [0.25, 0.3) is 0 Å². The van der Waals surface area contributed by atoms with Gasteiger partial charge in [0.15, 0.2) is 0 Å². The molecule has 3 amide bonds. The maximum atomic E-state index is 12.1. The Morgan fingerprint density at radius 2 is 1.88 bits per heavy atom. The predicted octanol–water partition coefficient (Wildman–Crippen LogP) is 1.81. The summed E-state index contributed by atoms with van der Waals surface area (Å²) in [5.74, 6) is -1.13. The van der Waals surface area contributed by atoms with Crippen molar-refractivity contribution in [2.45, 2.75) is 19.4 Å². The van der Waals surface area contributed by atoms with E-state index in [4.69, 9.17) is 0 Å². The fraction of sp³-hybridized carbons (Fsp3) is 0.188. The molecule has 8 heteroatoms. The zero-order valence-electron chi connectivity index (χ0n) is 12.9. The number of aromatic amines is 1. The van der Waals surface area contributed by atoms with Crippen LogP contribution in [0.2, 0.25) is 0 Å². The Morgan fingerprint density at radius 1 is 1.17 bits per heavy atom. The molecule has 24 heavy (non-hydrogen) atoms. The average Bonchev–Trinajstić information content (AvgIpc) is 2.99. The Hall–Kier alpha value is -2.61. The molecular formula is C16H17BrN4O3. The first-order valence-electron chi connectivity index (χ1n) is 7.21. The van der Waals surface area contributed by atoms with E-state index < -0.39 is 17.9 Å². The third kappa shape index (κ3) is 5.24. The first kappa shape index (κ1) is 17.7. The average molecular weight is 393 g/mol. The van der Waals surface area contributed by atoms with Crippen LogP contribution in [0, 0.1) is 0 Å². The SMILES string of the molecule is CC(=O)NC(CC(=O)NNC(=O)c1cc(Br)c[nH]1)c1ccccc1. The van der Waals surface area contributed by atoms with E-state index in [0.717, 1.165) is 10.0 Å². The molecule has 1 aromatic carbocycles. The van der Waals surface area contributed by atoms with Crippen molar-refractivity contribution in [1.29, 1.82) is 0 Å². The molecule has 0 radical (unpaired) electrons. The molecule has 0 bridgehead atoms. The van der Waals surface area contributed by atoms with Crippen molar-refractivity contribution >= 4 is 33.7 Å². The summed E-state index contributed by atoms with van der Waals surface area (Å²) in [6, 6.07) is 10.3. The minimum atomic E-state index is -0.472. The highest BCUT2D eigenvalue weighted by atomic mass is 79.9. The normalized spacial score (nSPS) is 11.4. The summed E-state index contributed by atoms with van der Waals surface area (Å²) in [6.07, 6.45) is 1.61. The monoisotopic (exact) mass is 392 g/mol. The Labute approximate surface area is 147 Å². The molecule has 2 rings (SSSR count). The van der Waals surface area contributed by atoms with Crippen LogP contribution in [0.4, 0.5) is 0 Å². The standard InChI is InChI=1S/C16H17BrN4O3/c1-10(22)19-13(11-5-3-2-4-6-11)8-15(23)20-21-16(24)14-7-12(17)9-18-14/h2-7,9,13,18H,8H2,1H3,(H,19,22)(H,20,23)(H,21,24). The summed E-state index contributed by atoms with van der Waals surface area (Å²) in [5, 5.41) is 2.72. The lowest BCUT2D eigenvalue weighted by molar-refractivity contribution is -0.123. The molecule has 0 aliphatic carbocycles. The fourth-order valence-electron chi connectivity index (χ4n) is 2.11. The molecule has 1 aromatic heterocycles. The number of hydrogen-bond acceptors (Lipinski definition) is 3. The largest absolute Gasteiger partial charge is 0.356 e. The van der Waals surface area contributed by atoms with Crippen molar-refractivity contribution < 1.29 is 14.4 Å². The number of amides is 3. The van der Waals surface area contributed by atoms with Crippen molar-refractivity contribution in [1.82, 2.24) is 21.2 Å². The van der Waals surface area contributed by atoms with E-state index in [9.17, 15) is 14.4 Å². The van der Waals surface area contributed by atoms with Gasteiger partial charge in [0.1, 0.15) is 5.69 Å². The van der Waals surface area contributed by atoms with Gasteiger partial charge in [-0.25, -0.2) is 0 Å². The zero-order valence-corrected chi connectivity index (χ0v) is 14.5. The van der Waals surface area contributed by atoms with E-state index in [2.05, 4.69) is 37.1 Å². The van der Waals surface area contributed by atoms with Crippen LogP contribution in [0.3, 0.4) is 0 Å². The maximum Gasteiger partial charge on any atom is 0.286 e. The number of hydrogen-bond donors (Lipinski definition) is 4. The van der Waals surface area contributed by atoms with Crippen molar-refractivity contribution in [2.24, 2.45) is 0 Å². The van der Waals surface area contributed by atoms with Crippen LogP contribution in [0.1, 0.15) is 35.4 Å². The minimum Gasteiger partial charge on any atom is -0.356 e. The van der Waals surface area contributed by atoms with Crippen LogP contribution in [0.5, 0.6) is 0 Å². The van der Waals surface area contributed by atoms with Crippen LogP contribution in [-0.2, 0) is 9.59 Å². The molecule has 0 spiro atoms. The second-order valence-corrected chi connectivity index (χ2v) is 6.02. The van der Waals surface area contributed by atoms with Crippen LogP contribution >= 0.6 is 15.9 Å². The minimum absolute atomic E-state index is 0.00169. The van der Waals surface area contributed by atoms with E-state index in [-0.39, 0.29) is 12.3 Å². The molecule has 1 atom stereocenters. The molecule has 0 fully saturated rings. The van der Waals surface area contributed by atoms with Crippen molar-refractivity contribution in [3.05, 3.63) is 58.3 Å². The number of halogens is 1. The Kier molecular flexibility index (Phi) is 6.14. The third-order valence-electron chi connectivity index (χ3n) is 3.18. The van der Waals surface area contributed by atoms with Crippen molar-refractivity contribution in [2.75, 3.05) is 0 Å². The van der Waals surface area contributed by atoms with E-state index >= 15 is 0 Å². The molecule has 126 valence electrons. The number of carbonyl (C=O) groups is 3. The zero-order chi connectivity index (χ0) is 17.5. The Morgan fingerprint density at radius 3 is 2.46 bits per heavy atom. The smallest absolute Gasteiger partial charge is 0.286 e. The van der Waals surface area contributed by atoms with E-state index in [1.54, 1.807) is 12.3 Å². The lowest BCUT2D eigenvalue weighted by atomic mass is 10.0. The first-order valence-corrected chi connectivity index (χ1v) is 8.00. The van der Waals surface area contributed by atoms with Gasteiger partial charge >= 0.3 is 0 Å². The maximum absolute atomic E-state index is 12.1. The van der Waals surface area contributed by atoms with Gasteiger partial charge in [0.05, 0.1) is 12.5 Å². The number of nitrogens with one attached hydrogen (secondary N) is 4. The molecule has 0 saturated carbocycles. The summed E-state index contributed by atoms with van der Waals surface area (Å²) in [7, 11) is 0. The van der Waals surface area contributed by atoms with E-state index in [0.29, 0.717) is 5.69 Å². The van der Waals surface area contributed by atoms with Gasteiger partial charge in [0.2, 0.25) is 11.8 Å². The second kappa shape index (κ2) is 8.30. The number of aromatic nitrogens is 1. The van der Waals surface area contributed by atoms with Crippen molar-refractivity contribution in [3.63, 3.8) is 0 Å². The molecular weight excluding hydrogens is 376 g/mol. The first-order chi connectivity index (χ1) is 11.5. The summed E-state index contributed by atoms with van der Waals surface area (Å²) >= 11 is 3.22. The summed E-state index contributed by atoms with van der Waals surface area (Å²) in [4.78, 5) is 38.0. The number of rotatable bonds is 5. The summed E-state index contributed by atoms with van der Waals surface area (Å²) < 4.78 is 0.730. The molecule has 0 saturated heterocycles. The number of carbonyl (C=O) groups excluding carboxylic acids is 3. The third-order valence-corrected chi connectivity index (χ3v) is 3.63. The Balaban J connectivity index is 1.93. The predicted molar refractivity (Wildman–Crippen MR) is 91.7 cm³/mol. The fourth-order valence-corrected chi connectivity index (χ4v) is 2.46. The number of hydrazine groups is 1. The van der Waals surface area contributed by atoms with Gasteiger partial charge in [-0.05, 0) is 27.6 Å². The lowest BCUT2D eigenvalue weighted by Crippen LogP contribution is -2.43. The highest BCUT2D eigenvalue weighted by Crippen LogP contribution is 2.16. The Bertz CT molecular complexity index is 730. The molecule has 0 aliphatic rings. The lowest BCUT2D eigenvalue weighted by Gasteiger charge is -2.18. The van der Waals surface area contributed by atoms with Gasteiger partial charge < -0.3 is 10.3 Å². The summed E-state index contributed by atoms with van der Waals surface area (Å²) in [6.45, 7) is 1.39. The van der Waals surface area contributed by atoms with Gasteiger partial charge in [-0.3, -0.25) is 25.2 Å². The quantitative estimate of drug-likeness (QED) is 0.583. The van der Waals surface area contributed by atoms with Crippen molar-refractivity contribution in [3.8, 4) is 0 Å². The van der Waals surface area contributed by atoms with Gasteiger partial charge in [0, 0.05) is 17.6 Å².